The highest BCUT2D eigenvalue weighted by molar-refractivity contribution is 8.14. The van der Waals surface area contributed by atoms with Crippen LogP contribution >= 0.6 is 11.8 Å². The summed E-state index contributed by atoms with van der Waals surface area (Å²) in [4.78, 5) is 4.61. The van der Waals surface area contributed by atoms with E-state index in [0.29, 0.717) is 5.25 Å². The van der Waals surface area contributed by atoms with Crippen LogP contribution < -0.4 is 5.32 Å². The average molecular weight is 296 g/mol. The number of aryl methyl sites for hydroxylation is 1. The van der Waals surface area contributed by atoms with Crippen LogP contribution in [0.2, 0.25) is 0 Å². The van der Waals surface area contributed by atoms with E-state index in [9.17, 15) is 0 Å². The predicted molar refractivity (Wildman–Crippen MR) is 91.7 cm³/mol. The van der Waals surface area contributed by atoms with Crippen molar-refractivity contribution >= 4 is 16.9 Å². The number of rotatable bonds is 4. The number of benzene rings is 2. The molecule has 0 amide bonds. The van der Waals surface area contributed by atoms with Crippen molar-refractivity contribution in [2.45, 2.75) is 25.1 Å². The lowest BCUT2D eigenvalue weighted by Gasteiger charge is -2.09. The zero-order valence-corrected chi connectivity index (χ0v) is 13.1. The molecule has 1 heterocycles. The fourth-order valence-corrected chi connectivity index (χ4v) is 3.40. The lowest BCUT2D eigenvalue weighted by atomic mass is 10.1. The van der Waals surface area contributed by atoms with Gasteiger partial charge in [0.05, 0.1) is 11.8 Å². The van der Waals surface area contributed by atoms with Crippen LogP contribution in [0.15, 0.2) is 59.6 Å². The third-order valence-electron chi connectivity index (χ3n) is 3.70. The first kappa shape index (κ1) is 14.2. The van der Waals surface area contributed by atoms with Gasteiger partial charge in [0, 0.05) is 6.54 Å². The Bertz CT molecular complexity index is 605. The van der Waals surface area contributed by atoms with Gasteiger partial charge in [0.2, 0.25) is 0 Å². The van der Waals surface area contributed by atoms with Crippen molar-refractivity contribution in [3.8, 4) is 0 Å². The molecule has 2 aromatic rings. The maximum absolute atomic E-state index is 4.61. The van der Waals surface area contributed by atoms with E-state index in [4.69, 9.17) is 0 Å². The number of thioether (sulfide) groups is 1. The first-order valence-electron chi connectivity index (χ1n) is 7.43. The second-order valence-electron chi connectivity index (χ2n) is 5.19. The van der Waals surface area contributed by atoms with Gasteiger partial charge in [0.1, 0.15) is 0 Å². The molecule has 1 aliphatic rings. The van der Waals surface area contributed by atoms with Gasteiger partial charge >= 0.3 is 0 Å². The molecule has 3 rings (SSSR count). The van der Waals surface area contributed by atoms with Gasteiger partial charge in [0.25, 0.3) is 0 Å². The minimum Gasteiger partial charge on any atom is -0.361 e. The summed E-state index contributed by atoms with van der Waals surface area (Å²) in [6, 6.07) is 19.4. The Morgan fingerprint density at radius 1 is 1.05 bits per heavy atom. The highest BCUT2D eigenvalue weighted by Crippen LogP contribution is 2.34. The highest BCUT2D eigenvalue weighted by atomic mass is 32.2. The first-order valence-corrected chi connectivity index (χ1v) is 8.31. The Morgan fingerprint density at radius 3 is 2.48 bits per heavy atom. The van der Waals surface area contributed by atoms with Crippen LogP contribution in [0.1, 0.15) is 28.9 Å². The Kier molecular flexibility index (Phi) is 4.61. The third-order valence-corrected chi connectivity index (χ3v) is 4.90. The van der Waals surface area contributed by atoms with E-state index in [-0.39, 0.29) is 0 Å². The van der Waals surface area contributed by atoms with Crippen molar-refractivity contribution in [1.29, 1.82) is 0 Å². The molecule has 21 heavy (non-hydrogen) atoms. The Balaban J connectivity index is 1.52. The highest BCUT2D eigenvalue weighted by Gasteiger charge is 2.20. The number of aliphatic imine (C=N–C) groups is 1. The minimum absolute atomic E-state index is 0.455. The minimum atomic E-state index is 0.455. The number of nitrogens with zero attached hydrogens (tertiary/aromatic N) is 1. The van der Waals surface area contributed by atoms with Crippen LogP contribution in [0.5, 0.6) is 0 Å². The topological polar surface area (TPSA) is 24.4 Å². The molecular weight excluding hydrogens is 276 g/mol. The molecule has 1 aliphatic heterocycles. The molecule has 108 valence electrons. The fraction of sp³-hybridized carbons (Fsp3) is 0.278. The molecule has 1 N–H and O–H groups in total. The summed E-state index contributed by atoms with van der Waals surface area (Å²) in [6.45, 7) is 3.89. The summed E-state index contributed by atoms with van der Waals surface area (Å²) in [6.07, 6.45) is 1.09. The van der Waals surface area contributed by atoms with Crippen molar-refractivity contribution in [1.82, 2.24) is 5.32 Å². The van der Waals surface area contributed by atoms with Gasteiger partial charge < -0.3 is 5.32 Å². The van der Waals surface area contributed by atoms with E-state index in [1.807, 2.05) is 11.8 Å². The molecular formula is C18H20N2S. The van der Waals surface area contributed by atoms with Gasteiger partial charge in [-0.2, -0.15) is 0 Å². The predicted octanol–water partition coefficient (Wildman–Crippen LogP) is 4.18. The quantitative estimate of drug-likeness (QED) is 0.915. The van der Waals surface area contributed by atoms with Gasteiger partial charge in [0.15, 0.2) is 5.17 Å². The molecule has 1 atom stereocenters. The zero-order valence-electron chi connectivity index (χ0n) is 12.3. The van der Waals surface area contributed by atoms with Crippen molar-refractivity contribution in [3.63, 3.8) is 0 Å². The van der Waals surface area contributed by atoms with E-state index in [1.54, 1.807) is 0 Å². The van der Waals surface area contributed by atoms with E-state index in [2.05, 4.69) is 71.8 Å². The largest absolute Gasteiger partial charge is 0.361 e. The molecule has 0 aromatic heterocycles. The normalized spacial score (nSPS) is 17.6. The SMILES string of the molecule is CCc1ccc(CNC2=NCC(c3ccccc3)S2)cc1. The number of hydrogen-bond acceptors (Lipinski definition) is 3. The van der Waals surface area contributed by atoms with E-state index < -0.39 is 0 Å². The van der Waals surface area contributed by atoms with Crippen LogP contribution in [-0.4, -0.2) is 11.7 Å². The summed E-state index contributed by atoms with van der Waals surface area (Å²) < 4.78 is 0. The van der Waals surface area contributed by atoms with E-state index in [0.717, 1.165) is 24.7 Å². The van der Waals surface area contributed by atoms with Gasteiger partial charge in [-0.05, 0) is 23.1 Å². The van der Waals surface area contributed by atoms with Crippen LogP contribution in [0, 0.1) is 0 Å². The van der Waals surface area contributed by atoms with Gasteiger partial charge in [-0.3, -0.25) is 4.99 Å². The van der Waals surface area contributed by atoms with Crippen molar-refractivity contribution in [3.05, 3.63) is 71.3 Å². The molecule has 0 radical (unpaired) electrons. The van der Waals surface area contributed by atoms with Gasteiger partial charge in [-0.25, -0.2) is 0 Å². The molecule has 3 heteroatoms. The fourth-order valence-electron chi connectivity index (χ4n) is 2.38. The molecule has 0 aliphatic carbocycles. The molecule has 0 bridgehead atoms. The van der Waals surface area contributed by atoms with Crippen molar-refractivity contribution in [2.24, 2.45) is 4.99 Å². The van der Waals surface area contributed by atoms with Crippen molar-refractivity contribution in [2.75, 3.05) is 6.54 Å². The number of amidine groups is 1. The van der Waals surface area contributed by atoms with Crippen molar-refractivity contribution < 1.29 is 0 Å². The molecule has 0 spiro atoms. The number of nitrogens with one attached hydrogen (secondary N) is 1. The van der Waals surface area contributed by atoms with E-state index >= 15 is 0 Å². The Morgan fingerprint density at radius 2 is 1.76 bits per heavy atom. The van der Waals surface area contributed by atoms with E-state index in [1.165, 1.54) is 16.7 Å². The summed E-state index contributed by atoms with van der Waals surface area (Å²) in [7, 11) is 0. The second kappa shape index (κ2) is 6.81. The smallest absolute Gasteiger partial charge is 0.157 e. The number of hydrogen-bond donors (Lipinski definition) is 1. The third kappa shape index (κ3) is 3.67. The zero-order chi connectivity index (χ0) is 14.5. The maximum atomic E-state index is 4.61. The van der Waals surface area contributed by atoms with Crippen LogP contribution in [0.4, 0.5) is 0 Å². The van der Waals surface area contributed by atoms with Gasteiger partial charge in [-0.1, -0.05) is 73.3 Å². The lowest BCUT2D eigenvalue weighted by molar-refractivity contribution is 0.910. The average Bonchev–Trinajstić information content (AvgIpc) is 3.03. The van der Waals surface area contributed by atoms with Crippen LogP contribution in [-0.2, 0) is 13.0 Å². The molecule has 2 nitrogen and oxygen atoms in total. The first-order chi connectivity index (χ1) is 10.3. The molecule has 0 saturated carbocycles. The molecule has 0 saturated heterocycles. The Labute approximate surface area is 130 Å². The van der Waals surface area contributed by atoms with Crippen LogP contribution in [0.3, 0.4) is 0 Å². The molecule has 0 fully saturated rings. The standard InChI is InChI=1S/C18H20N2S/c1-2-14-8-10-15(11-9-14)12-19-18-20-13-17(21-18)16-6-4-3-5-7-16/h3-11,17H,2,12-13H2,1H3,(H,19,20). The summed E-state index contributed by atoms with van der Waals surface area (Å²) in [5.41, 5.74) is 4.05. The summed E-state index contributed by atoms with van der Waals surface area (Å²) in [5.74, 6) is 0. The maximum Gasteiger partial charge on any atom is 0.157 e. The van der Waals surface area contributed by atoms with Crippen LogP contribution in [0.25, 0.3) is 0 Å². The molecule has 2 aromatic carbocycles. The lowest BCUT2D eigenvalue weighted by Crippen LogP contribution is -2.18. The molecule has 1 unspecified atom stereocenters. The second-order valence-corrected chi connectivity index (χ2v) is 6.38. The summed E-state index contributed by atoms with van der Waals surface area (Å²) >= 11 is 1.83. The monoisotopic (exact) mass is 296 g/mol. The summed E-state index contributed by atoms with van der Waals surface area (Å²) in [5, 5.41) is 4.96. The Hall–Kier alpha value is -1.74. The van der Waals surface area contributed by atoms with Gasteiger partial charge in [-0.15, -0.1) is 0 Å².